The van der Waals surface area contributed by atoms with Gasteiger partial charge < -0.3 is 29.5 Å². The van der Waals surface area contributed by atoms with Crippen molar-refractivity contribution in [3.05, 3.63) is 23.5 Å². The molecule has 0 saturated heterocycles. The highest BCUT2D eigenvalue weighted by Crippen LogP contribution is 2.69. The third kappa shape index (κ3) is 4.46. The van der Waals surface area contributed by atoms with Gasteiger partial charge in [0, 0.05) is 17.4 Å². The molecule has 4 rings (SSSR count). The number of aliphatic hydroxyl groups is 3. The molecule has 0 aromatic carbocycles. The van der Waals surface area contributed by atoms with E-state index in [1.807, 2.05) is 0 Å². The number of carbonyl (C=O) groups is 4. The second-order valence-electron chi connectivity index (χ2n) is 11.2. The molecule has 3 fully saturated rings. The maximum Gasteiger partial charge on any atom is 0.586 e. The molecular formula is C25H33O12P. The van der Waals surface area contributed by atoms with Crippen molar-refractivity contribution in [2.24, 2.45) is 28.6 Å². The molecule has 38 heavy (non-hydrogen) atoms. The van der Waals surface area contributed by atoms with E-state index in [9.17, 15) is 44.0 Å². The fourth-order valence-corrected chi connectivity index (χ4v) is 8.52. The third-order valence-corrected chi connectivity index (χ3v) is 10.2. The summed E-state index contributed by atoms with van der Waals surface area (Å²) in [5, 5.41) is 41.1. The highest BCUT2D eigenvalue weighted by atomic mass is 31.2. The summed E-state index contributed by atoms with van der Waals surface area (Å²) in [7, 11) is -5.13. The SMILES string of the molecule is C[C@@]12C(=CC(=O)C=C1OP(=O)(O)OC(=O)CCC(=O)O)CC[C@@H]1[C@@H]2[C@@H](O)C[C@@]2(C)[C@H]1CC[C@]2(O)C(=O)CO. The number of carboxylic acids is 1. The first-order chi connectivity index (χ1) is 17.6. The Hall–Kier alpha value is -2.37. The van der Waals surface area contributed by atoms with Crippen LogP contribution in [-0.4, -0.2) is 67.1 Å². The number of hydrogen-bond donors (Lipinski definition) is 5. The van der Waals surface area contributed by atoms with Gasteiger partial charge in [0.2, 0.25) is 0 Å². The van der Waals surface area contributed by atoms with Gasteiger partial charge in [0.1, 0.15) is 18.0 Å². The quantitative estimate of drug-likeness (QED) is 0.269. The molecule has 5 N–H and O–H groups in total. The molecule has 210 valence electrons. The summed E-state index contributed by atoms with van der Waals surface area (Å²) in [5.41, 5.74) is -3.50. The van der Waals surface area contributed by atoms with Gasteiger partial charge >= 0.3 is 19.8 Å². The molecule has 8 atom stereocenters. The smallest absolute Gasteiger partial charge is 0.481 e. The Labute approximate surface area is 218 Å². The van der Waals surface area contributed by atoms with Gasteiger partial charge in [-0.1, -0.05) is 12.5 Å². The molecule has 0 aromatic rings. The summed E-state index contributed by atoms with van der Waals surface area (Å²) in [5.74, 6) is -5.18. The minimum atomic E-state index is -5.13. The zero-order valence-electron chi connectivity index (χ0n) is 21.2. The van der Waals surface area contributed by atoms with Crippen molar-refractivity contribution < 1.29 is 58.1 Å². The van der Waals surface area contributed by atoms with Crippen molar-refractivity contribution in [1.82, 2.24) is 0 Å². The number of phosphoric acid groups is 1. The van der Waals surface area contributed by atoms with Crippen LogP contribution in [-0.2, 0) is 32.8 Å². The van der Waals surface area contributed by atoms with E-state index in [-0.39, 0.29) is 30.4 Å². The lowest BCUT2D eigenvalue weighted by atomic mass is 9.46. The molecule has 3 saturated carbocycles. The van der Waals surface area contributed by atoms with E-state index in [2.05, 4.69) is 4.52 Å². The van der Waals surface area contributed by atoms with Crippen molar-refractivity contribution >= 4 is 31.3 Å². The topological polar surface area (TPSA) is 205 Å². The number of aliphatic carboxylic acids is 1. The number of ketones is 2. The van der Waals surface area contributed by atoms with E-state index >= 15 is 0 Å². The Morgan fingerprint density at radius 1 is 1.16 bits per heavy atom. The zero-order valence-corrected chi connectivity index (χ0v) is 22.1. The maximum atomic E-state index is 12.7. The van der Waals surface area contributed by atoms with Crippen LogP contribution in [0.1, 0.15) is 58.8 Å². The second-order valence-corrected chi connectivity index (χ2v) is 12.5. The Kier molecular flexibility index (Phi) is 7.29. The molecule has 0 bridgehead atoms. The monoisotopic (exact) mass is 556 g/mol. The third-order valence-electron chi connectivity index (χ3n) is 9.37. The molecule has 0 heterocycles. The number of allylic oxidation sites excluding steroid dienone is 3. The van der Waals surface area contributed by atoms with Crippen LogP contribution >= 0.6 is 7.82 Å². The molecule has 4 aliphatic carbocycles. The summed E-state index contributed by atoms with van der Waals surface area (Å²) in [6.07, 6.45) is 1.49. The van der Waals surface area contributed by atoms with Crippen LogP contribution in [0.25, 0.3) is 0 Å². The van der Waals surface area contributed by atoms with Gasteiger partial charge in [-0.2, -0.15) is 0 Å². The molecule has 13 heteroatoms. The van der Waals surface area contributed by atoms with E-state index in [1.165, 1.54) is 6.08 Å². The first-order valence-electron chi connectivity index (χ1n) is 12.6. The number of fused-ring (bicyclic) bond motifs is 5. The Morgan fingerprint density at radius 3 is 2.47 bits per heavy atom. The Morgan fingerprint density at radius 2 is 1.84 bits per heavy atom. The summed E-state index contributed by atoms with van der Waals surface area (Å²) < 4.78 is 22.6. The highest BCUT2D eigenvalue weighted by molar-refractivity contribution is 7.48. The predicted octanol–water partition coefficient (Wildman–Crippen LogP) is 1.41. The van der Waals surface area contributed by atoms with Crippen molar-refractivity contribution in [3.8, 4) is 0 Å². The summed E-state index contributed by atoms with van der Waals surface area (Å²) in [4.78, 5) is 58.0. The van der Waals surface area contributed by atoms with Crippen LogP contribution in [0.15, 0.2) is 23.5 Å². The van der Waals surface area contributed by atoms with Gasteiger partial charge in [-0.25, -0.2) is 4.57 Å². The molecule has 0 aromatic heterocycles. The predicted molar refractivity (Wildman–Crippen MR) is 128 cm³/mol. The highest BCUT2D eigenvalue weighted by Gasteiger charge is 2.69. The number of carboxylic acid groups (broad SMARTS) is 1. The number of aliphatic hydroxyl groups excluding tert-OH is 2. The van der Waals surface area contributed by atoms with Crippen LogP contribution in [0.5, 0.6) is 0 Å². The van der Waals surface area contributed by atoms with E-state index in [0.29, 0.717) is 24.8 Å². The molecular weight excluding hydrogens is 523 g/mol. The largest absolute Gasteiger partial charge is 0.586 e. The first-order valence-corrected chi connectivity index (χ1v) is 14.1. The van der Waals surface area contributed by atoms with E-state index in [0.717, 1.165) is 6.08 Å². The van der Waals surface area contributed by atoms with Gasteiger partial charge in [0.15, 0.2) is 11.6 Å². The van der Waals surface area contributed by atoms with Gasteiger partial charge in [-0.3, -0.25) is 24.1 Å². The van der Waals surface area contributed by atoms with Crippen LogP contribution in [0.3, 0.4) is 0 Å². The minimum absolute atomic E-state index is 0.00608. The van der Waals surface area contributed by atoms with Crippen LogP contribution in [0.2, 0.25) is 0 Å². The lowest BCUT2D eigenvalue weighted by Crippen LogP contribution is -2.62. The van der Waals surface area contributed by atoms with Gasteiger partial charge in [-0.15, -0.1) is 0 Å². The molecule has 0 amide bonds. The lowest BCUT2D eigenvalue weighted by Gasteiger charge is -2.60. The summed E-state index contributed by atoms with van der Waals surface area (Å²) in [6, 6.07) is 0. The standard InChI is InChI=1S/C25H33O12P/c1-23-11-17(28)22-15(16(23)7-8-25(23,33)18(29)12-26)4-3-13-9-14(27)10-19(24(13,22)2)36-38(34,35)37-21(32)6-5-20(30)31/h9-10,15-17,22,26,28,33H,3-8,11-12H2,1-2H3,(H,30,31)(H,34,35)/t15-,16-,17-,22+,23-,24+,25-/m0/s1. The second kappa shape index (κ2) is 9.67. The molecule has 1 unspecified atom stereocenters. The van der Waals surface area contributed by atoms with E-state index < -0.39 is 79.2 Å². The fourth-order valence-electron chi connectivity index (χ4n) is 7.64. The Balaban J connectivity index is 1.66. The van der Waals surface area contributed by atoms with E-state index in [1.54, 1.807) is 13.8 Å². The number of Topliss-reactive ketones (excluding diaryl/α,β-unsaturated/α-hetero) is 1. The minimum Gasteiger partial charge on any atom is -0.481 e. The summed E-state index contributed by atoms with van der Waals surface area (Å²) in [6.45, 7) is 2.58. The van der Waals surface area contributed by atoms with Crippen molar-refractivity contribution in [1.29, 1.82) is 0 Å². The van der Waals surface area contributed by atoms with Gasteiger partial charge in [0.25, 0.3) is 0 Å². The van der Waals surface area contributed by atoms with Crippen molar-refractivity contribution in [3.63, 3.8) is 0 Å². The number of carbonyl (C=O) groups excluding carboxylic acids is 3. The average molecular weight is 557 g/mol. The van der Waals surface area contributed by atoms with E-state index in [4.69, 9.17) is 9.63 Å². The molecule has 12 nitrogen and oxygen atoms in total. The number of phosphoric ester groups is 1. The Bertz CT molecular complexity index is 1170. The number of hydrogen-bond acceptors (Lipinski definition) is 10. The van der Waals surface area contributed by atoms with Gasteiger partial charge in [0.05, 0.1) is 24.4 Å². The fraction of sp³-hybridized carbons (Fsp3) is 0.680. The molecule has 0 spiro atoms. The van der Waals surface area contributed by atoms with Crippen LogP contribution < -0.4 is 0 Å². The zero-order chi connectivity index (χ0) is 28.3. The maximum absolute atomic E-state index is 12.7. The van der Waals surface area contributed by atoms with Gasteiger partial charge in [-0.05, 0) is 56.9 Å². The first kappa shape index (κ1) is 28.6. The van der Waals surface area contributed by atoms with Crippen molar-refractivity contribution in [2.45, 2.75) is 70.5 Å². The normalized spacial score (nSPS) is 39.5. The molecule has 4 aliphatic rings. The number of rotatable bonds is 8. The molecule has 0 aliphatic heterocycles. The average Bonchev–Trinajstić information content (AvgIpc) is 3.08. The molecule has 0 radical (unpaired) electrons. The van der Waals surface area contributed by atoms with Crippen molar-refractivity contribution in [2.75, 3.05) is 6.61 Å². The van der Waals surface area contributed by atoms with Crippen LogP contribution in [0, 0.1) is 28.6 Å². The van der Waals surface area contributed by atoms with Crippen LogP contribution in [0.4, 0.5) is 0 Å². The lowest BCUT2D eigenvalue weighted by molar-refractivity contribution is -0.180. The summed E-state index contributed by atoms with van der Waals surface area (Å²) >= 11 is 0.